The van der Waals surface area contributed by atoms with E-state index in [4.69, 9.17) is 4.74 Å². The van der Waals surface area contributed by atoms with Gasteiger partial charge < -0.3 is 15.0 Å². The van der Waals surface area contributed by atoms with Gasteiger partial charge in [0, 0.05) is 15.9 Å². The van der Waals surface area contributed by atoms with Crippen molar-refractivity contribution in [1.29, 1.82) is 0 Å². The molecule has 1 heterocycles. The Balaban J connectivity index is 2.01. The number of esters is 1. The molecule has 0 aliphatic heterocycles. The number of carbonyl (C=O) groups is 3. The molecule has 0 atom stereocenters. The van der Waals surface area contributed by atoms with Crippen LogP contribution in [0.2, 0.25) is 0 Å². The molecule has 0 saturated carbocycles. The lowest BCUT2D eigenvalue weighted by molar-refractivity contribution is -0.116. The van der Waals surface area contributed by atoms with Crippen molar-refractivity contribution in [2.45, 2.75) is 27.7 Å². The highest BCUT2D eigenvalue weighted by Crippen LogP contribution is 2.21. The Morgan fingerprint density at radius 2 is 1.86 bits per heavy atom. The van der Waals surface area contributed by atoms with Crippen LogP contribution in [0.25, 0.3) is 0 Å². The highest BCUT2D eigenvalue weighted by atomic mass is 79.9. The van der Waals surface area contributed by atoms with Crippen molar-refractivity contribution in [3.63, 3.8) is 0 Å². The van der Waals surface area contributed by atoms with Crippen LogP contribution in [0.5, 0.6) is 0 Å². The Bertz CT molecular complexity index is 936. The molecule has 0 bridgehead atoms. The number of halogens is 1. The first-order valence-corrected chi connectivity index (χ1v) is 10.1. The highest BCUT2D eigenvalue weighted by Gasteiger charge is 2.23. The third-order valence-corrected chi connectivity index (χ3v) is 4.98. The van der Waals surface area contributed by atoms with Gasteiger partial charge in [-0.25, -0.2) is 4.79 Å². The van der Waals surface area contributed by atoms with Crippen LogP contribution in [-0.4, -0.2) is 54.3 Å². The fourth-order valence-electron chi connectivity index (χ4n) is 3.12. The van der Waals surface area contributed by atoms with E-state index in [0.29, 0.717) is 22.5 Å². The topological polar surface area (TPSA) is 91.5 Å². The molecule has 8 heteroatoms. The van der Waals surface area contributed by atoms with E-state index in [2.05, 4.69) is 26.2 Å². The Hall–Kier alpha value is -2.45. The maximum Gasteiger partial charge on any atom is 0.340 e. The number of likely N-dealkylation sites (N-methyl/N-ethyl adjacent to an activating group) is 1. The minimum atomic E-state index is -0.449. The van der Waals surface area contributed by atoms with E-state index in [0.717, 1.165) is 15.7 Å². The quantitative estimate of drug-likeness (QED) is 0.460. The summed E-state index contributed by atoms with van der Waals surface area (Å²) in [6, 6.07) is 5.60. The molecule has 2 aromatic rings. The second-order valence-electron chi connectivity index (χ2n) is 6.95. The number of aryl methyl sites for hydroxylation is 2. The van der Waals surface area contributed by atoms with Crippen LogP contribution in [0.15, 0.2) is 22.7 Å². The Morgan fingerprint density at radius 1 is 1.17 bits per heavy atom. The van der Waals surface area contributed by atoms with Crippen molar-refractivity contribution in [2.24, 2.45) is 0 Å². The Morgan fingerprint density at radius 3 is 2.48 bits per heavy atom. The first-order valence-electron chi connectivity index (χ1n) is 9.28. The third kappa shape index (κ3) is 5.77. The number of aromatic nitrogens is 1. The SMILES string of the molecule is CCOC(=O)c1c(C)[nH]c(C(=O)CN(C)CC(=O)Nc2ccc(Br)cc2C)c1C. The molecule has 29 heavy (non-hydrogen) atoms. The predicted octanol–water partition coefficient (Wildman–Crippen LogP) is 3.63. The molecule has 0 saturated heterocycles. The standard InChI is InChI=1S/C21H26BrN3O4/c1-6-29-21(28)19-13(3)20(23-14(19)4)17(26)10-25(5)11-18(27)24-16-8-7-15(22)9-12(16)2/h7-9,23H,6,10-11H2,1-5H3,(H,24,27). The van der Waals surface area contributed by atoms with Crippen molar-refractivity contribution in [2.75, 3.05) is 32.1 Å². The van der Waals surface area contributed by atoms with Gasteiger partial charge in [0.1, 0.15) is 0 Å². The van der Waals surface area contributed by atoms with Crippen molar-refractivity contribution < 1.29 is 19.1 Å². The van der Waals surface area contributed by atoms with Crippen LogP contribution < -0.4 is 5.32 Å². The highest BCUT2D eigenvalue weighted by molar-refractivity contribution is 9.10. The van der Waals surface area contributed by atoms with Gasteiger partial charge in [0.15, 0.2) is 5.78 Å². The van der Waals surface area contributed by atoms with Gasteiger partial charge in [0.05, 0.1) is 31.0 Å². The molecule has 1 aromatic heterocycles. The average Bonchev–Trinajstić information content (AvgIpc) is 2.92. The fourth-order valence-corrected chi connectivity index (χ4v) is 3.60. The number of amides is 1. The molecule has 0 fully saturated rings. The first-order chi connectivity index (χ1) is 13.6. The summed E-state index contributed by atoms with van der Waals surface area (Å²) in [4.78, 5) is 41.7. The fraction of sp³-hybridized carbons (Fsp3) is 0.381. The van der Waals surface area contributed by atoms with E-state index < -0.39 is 5.97 Å². The molecule has 2 N–H and O–H groups in total. The Labute approximate surface area is 178 Å². The lowest BCUT2D eigenvalue weighted by Crippen LogP contribution is -2.34. The number of rotatable bonds is 8. The number of H-pyrrole nitrogens is 1. The summed E-state index contributed by atoms with van der Waals surface area (Å²) in [6.07, 6.45) is 0. The first kappa shape index (κ1) is 22.8. The molecule has 0 spiro atoms. The average molecular weight is 464 g/mol. The van der Waals surface area contributed by atoms with Crippen LogP contribution >= 0.6 is 15.9 Å². The van der Waals surface area contributed by atoms with E-state index in [9.17, 15) is 14.4 Å². The van der Waals surface area contributed by atoms with Crippen molar-refractivity contribution in [3.05, 3.63) is 50.8 Å². The zero-order valence-electron chi connectivity index (χ0n) is 17.3. The van der Waals surface area contributed by atoms with Crippen molar-refractivity contribution in [1.82, 2.24) is 9.88 Å². The molecule has 1 amide bonds. The summed E-state index contributed by atoms with van der Waals surface area (Å²) >= 11 is 3.39. The summed E-state index contributed by atoms with van der Waals surface area (Å²) in [7, 11) is 1.70. The molecule has 7 nitrogen and oxygen atoms in total. The van der Waals surface area contributed by atoms with Crippen LogP contribution in [0, 0.1) is 20.8 Å². The van der Waals surface area contributed by atoms with Gasteiger partial charge in [-0.2, -0.15) is 0 Å². The number of benzene rings is 1. The van der Waals surface area contributed by atoms with E-state index in [1.54, 1.807) is 32.7 Å². The summed E-state index contributed by atoms with van der Waals surface area (Å²) in [6.45, 7) is 7.45. The third-order valence-electron chi connectivity index (χ3n) is 4.49. The van der Waals surface area contributed by atoms with Gasteiger partial charge in [0.25, 0.3) is 0 Å². The molecular weight excluding hydrogens is 438 g/mol. The van der Waals surface area contributed by atoms with Gasteiger partial charge in [-0.3, -0.25) is 14.5 Å². The summed E-state index contributed by atoms with van der Waals surface area (Å²) in [5, 5.41) is 2.85. The maximum atomic E-state index is 12.7. The molecule has 2 rings (SSSR count). The van der Waals surface area contributed by atoms with E-state index in [1.165, 1.54) is 0 Å². The number of hydrogen-bond acceptors (Lipinski definition) is 5. The van der Waals surface area contributed by atoms with Crippen LogP contribution in [-0.2, 0) is 9.53 Å². The van der Waals surface area contributed by atoms with Crippen LogP contribution in [0.1, 0.15) is 44.6 Å². The lowest BCUT2D eigenvalue weighted by Gasteiger charge is -2.16. The number of Topliss-reactive ketones (excluding diaryl/α,β-unsaturated/α-hetero) is 1. The minimum Gasteiger partial charge on any atom is -0.462 e. The Kier molecular flexibility index (Phi) is 7.75. The van der Waals surface area contributed by atoms with Gasteiger partial charge in [0.2, 0.25) is 5.91 Å². The second kappa shape index (κ2) is 9.84. The van der Waals surface area contributed by atoms with Crippen LogP contribution in [0.3, 0.4) is 0 Å². The largest absolute Gasteiger partial charge is 0.462 e. The molecule has 0 aliphatic rings. The molecule has 0 aliphatic carbocycles. The molecule has 156 valence electrons. The second-order valence-corrected chi connectivity index (χ2v) is 7.86. The number of carbonyl (C=O) groups excluding carboxylic acids is 3. The number of ketones is 1. The molecule has 0 unspecified atom stereocenters. The van der Waals surface area contributed by atoms with Gasteiger partial charge >= 0.3 is 5.97 Å². The van der Waals surface area contributed by atoms with E-state index >= 15 is 0 Å². The number of nitrogens with one attached hydrogen (secondary N) is 2. The molecular formula is C21H26BrN3O4. The smallest absolute Gasteiger partial charge is 0.340 e. The van der Waals surface area contributed by atoms with Crippen LogP contribution in [0.4, 0.5) is 5.69 Å². The monoisotopic (exact) mass is 463 g/mol. The summed E-state index contributed by atoms with van der Waals surface area (Å²) in [5.74, 6) is -0.857. The number of ether oxygens (including phenoxy) is 1. The zero-order chi connectivity index (χ0) is 21.7. The van der Waals surface area contributed by atoms with E-state index in [-0.39, 0.29) is 31.4 Å². The van der Waals surface area contributed by atoms with Gasteiger partial charge in [-0.15, -0.1) is 0 Å². The number of hydrogen-bond donors (Lipinski definition) is 2. The van der Waals surface area contributed by atoms with E-state index in [1.807, 2.05) is 25.1 Å². The van der Waals surface area contributed by atoms with Crippen molar-refractivity contribution >= 4 is 39.3 Å². The predicted molar refractivity (Wildman–Crippen MR) is 116 cm³/mol. The van der Waals surface area contributed by atoms with Crippen molar-refractivity contribution in [3.8, 4) is 0 Å². The number of anilines is 1. The summed E-state index contributed by atoms with van der Waals surface area (Å²) in [5.41, 5.74) is 3.58. The minimum absolute atomic E-state index is 0.0375. The maximum absolute atomic E-state index is 12.7. The number of nitrogens with zero attached hydrogens (tertiary/aromatic N) is 1. The lowest BCUT2D eigenvalue weighted by atomic mass is 10.1. The zero-order valence-corrected chi connectivity index (χ0v) is 18.9. The summed E-state index contributed by atoms with van der Waals surface area (Å²) < 4.78 is 5.99. The normalized spacial score (nSPS) is 10.9. The number of aromatic amines is 1. The molecule has 1 aromatic carbocycles. The van der Waals surface area contributed by atoms with Gasteiger partial charge in [-0.1, -0.05) is 15.9 Å². The molecule has 0 radical (unpaired) electrons. The van der Waals surface area contributed by atoms with Gasteiger partial charge in [-0.05, 0) is 64.1 Å².